The second kappa shape index (κ2) is 6.45. The van der Waals surface area contributed by atoms with Gasteiger partial charge in [0.05, 0.1) is 19.2 Å². The van der Waals surface area contributed by atoms with Crippen molar-refractivity contribution < 1.29 is 18.7 Å². The minimum Gasteiger partial charge on any atom is -0.493 e. The summed E-state index contributed by atoms with van der Waals surface area (Å²) in [5.41, 5.74) is 0.786. The molecule has 0 aliphatic carbocycles. The first-order valence-electron chi connectivity index (χ1n) is 6.03. The molecule has 0 saturated carbocycles. The number of benzene rings is 2. The van der Waals surface area contributed by atoms with Crippen molar-refractivity contribution in [1.82, 2.24) is 0 Å². The molecule has 6 heteroatoms. The van der Waals surface area contributed by atoms with Gasteiger partial charge in [0.25, 0.3) is 5.91 Å². The van der Waals surface area contributed by atoms with Gasteiger partial charge in [0.2, 0.25) is 0 Å². The van der Waals surface area contributed by atoms with Gasteiger partial charge < -0.3 is 14.8 Å². The Bertz CT molecular complexity index is 659. The Labute approximate surface area is 126 Å². The van der Waals surface area contributed by atoms with E-state index in [2.05, 4.69) is 5.32 Å². The number of amides is 1. The van der Waals surface area contributed by atoms with Crippen LogP contribution in [0.1, 0.15) is 10.4 Å². The van der Waals surface area contributed by atoms with E-state index >= 15 is 0 Å². The maximum Gasteiger partial charge on any atom is 0.255 e. The molecule has 0 saturated heterocycles. The van der Waals surface area contributed by atoms with Crippen molar-refractivity contribution in [2.75, 3.05) is 19.5 Å². The van der Waals surface area contributed by atoms with Crippen molar-refractivity contribution in [3.63, 3.8) is 0 Å². The second-order valence-corrected chi connectivity index (χ2v) is 4.56. The highest BCUT2D eigenvalue weighted by atomic mass is 35.5. The molecular weight excluding hydrogens is 297 g/mol. The SMILES string of the molecule is COc1cc(C(=O)Nc2ccc(F)cc2)cc(Cl)c1OC. The van der Waals surface area contributed by atoms with E-state index in [9.17, 15) is 9.18 Å². The molecule has 0 unspecified atom stereocenters. The average Bonchev–Trinajstić information content (AvgIpc) is 2.48. The summed E-state index contributed by atoms with van der Waals surface area (Å²) >= 11 is 6.05. The van der Waals surface area contributed by atoms with Crippen LogP contribution >= 0.6 is 11.6 Å². The number of hydrogen-bond donors (Lipinski definition) is 1. The van der Waals surface area contributed by atoms with Crippen LogP contribution < -0.4 is 14.8 Å². The molecule has 0 aliphatic heterocycles. The minimum absolute atomic E-state index is 0.265. The van der Waals surface area contributed by atoms with Crippen molar-refractivity contribution in [3.8, 4) is 11.5 Å². The Kier molecular flexibility index (Phi) is 4.65. The van der Waals surface area contributed by atoms with Crippen molar-refractivity contribution in [3.05, 3.63) is 52.8 Å². The monoisotopic (exact) mass is 309 g/mol. The lowest BCUT2D eigenvalue weighted by molar-refractivity contribution is 0.102. The highest BCUT2D eigenvalue weighted by Crippen LogP contribution is 2.36. The maximum atomic E-state index is 12.8. The predicted molar refractivity (Wildman–Crippen MR) is 78.9 cm³/mol. The van der Waals surface area contributed by atoms with Gasteiger partial charge >= 0.3 is 0 Å². The summed E-state index contributed by atoms with van der Waals surface area (Å²) in [5, 5.41) is 2.91. The van der Waals surface area contributed by atoms with Crippen LogP contribution in [-0.4, -0.2) is 20.1 Å². The maximum absolute atomic E-state index is 12.8. The van der Waals surface area contributed by atoms with Gasteiger partial charge in [0.1, 0.15) is 5.82 Å². The summed E-state index contributed by atoms with van der Waals surface area (Å²) in [6, 6.07) is 8.45. The zero-order chi connectivity index (χ0) is 15.4. The molecule has 0 atom stereocenters. The summed E-state index contributed by atoms with van der Waals surface area (Å²) in [7, 11) is 2.91. The number of hydrogen-bond acceptors (Lipinski definition) is 3. The third kappa shape index (κ3) is 3.44. The van der Waals surface area contributed by atoms with Crippen LogP contribution in [0.2, 0.25) is 5.02 Å². The molecule has 1 amide bonds. The molecule has 0 radical (unpaired) electrons. The Morgan fingerprint density at radius 3 is 2.38 bits per heavy atom. The van der Waals surface area contributed by atoms with Gasteiger partial charge in [-0.05, 0) is 36.4 Å². The van der Waals surface area contributed by atoms with Crippen molar-refractivity contribution >= 4 is 23.2 Å². The fourth-order valence-corrected chi connectivity index (χ4v) is 2.07. The highest BCUT2D eigenvalue weighted by molar-refractivity contribution is 6.32. The first-order chi connectivity index (χ1) is 10.0. The van der Waals surface area contributed by atoms with E-state index in [1.54, 1.807) is 0 Å². The summed E-state index contributed by atoms with van der Waals surface area (Å²) in [4.78, 5) is 12.2. The van der Waals surface area contributed by atoms with Crippen molar-refractivity contribution in [2.24, 2.45) is 0 Å². The molecule has 0 fully saturated rings. The largest absolute Gasteiger partial charge is 0.493 e. The lowest BCUT2D eigenvalue weighted by atomic mass is 10.1. The second-order valence-electron chi connectivity index (χ2n) is 4.15. The summed E-state index contributed by atoms with van der Waals surface area (Å²) in [6.07, 6.45) is 0. The third-order valence-corrected chi connectivity index (χ3v) is 3.08. The van der Waals surface area contributed by atoms with Crippen LogP contribution in [0, 0.1) is 5.82 Å². The molecule has 21 heavy (non-hydrogen) atoms. The van der Waals surface area contributed by atoms with E-state index in [-0.39, 0.29) is 16.7 Å². The molecule has 0 aromatic heterocycles. The van der Waals surface area contributed by atoms with Crippen LogP contribution in [0.4, 0.5) is 10.1 Å². The van der Waals surface area contributed by atoms with Crippen LogP contribution in [0.15, 0.2) is 36.4 Å². The number of nitrogens with one attached hydrogen (secondary N) is 1. The van der Waals surface area contributed by atoms with Crippen LogP contribution in [0.5, 0.6) is 11.5 Å². The normalized spacial score (nSPS) is 10.1. The Balaban J connectivity index is 2.27. The van der Waals surface area contributed by atoms with Crippen LogP contribution in [0.3, 0.4) is 0 Å². The van der Waals surface area contributed by atoms with E-state index in [1.165, 1.54) is 50.6 Å². The number of carbonyl (C=O) groups excluding carboxylic acids is 1. The Morgan fingerprint density at radius 1 is 1.14 bits per heavy atom. The van der Waals surface area contributed by atoms with Gasteiger partial charge in [-0.2, -0.15) is 0 Å². The van der Waals surface area contributed by atoms with E-state index in [1.807, 2.05) is 0 Å². The third-order valence-electron chi connectivity index (χ3n) is 2.80. The number of anilines is 1. The fourth-order valence-electron chi connectivity index (χ4n) is 1.79. The van der Waals surface area contributed by atoms with Gasteiger partial charge in [-0.1, -0.05) is 11.6 Å². The lowest BCUT2D eigenvalue weighted by Crippen LogP contribution is -2.12. The van der Waals surface area contributed by atoms with Gasteiger partial charge in [0.15, 0.2) is 11.5 Å². The summed E-state index contributed by atoms with van der Waals surface area (Å²) in [6.45, 7) is 0. The summed E-state index contributed by atoms with van der Waals surface area (Å²) < 4.78 is 23.1. The van der Waals surface area contributed by atoms with E-state index in [4.69, 9.17) is 21.1 Å². The van der Waals surface area contributed by atoms with Gasteiger partial charge in [0, 0.05) is 11.3 Å². The molecular formula is C15H13ClFNO3. The molecule has 0 bridgehead atoms. The molecule has 0 spiro atoms. The van der Waals surface area contributed by atoms with Crippen LogP contribution in [-0.2, 0) is 0 Å². The number of methoxy groups -OCH3 is 2. The molecule has 1 N–H and O–H groups in total. The molecule has 2 aromatic rings. The number of carbonyl (C=O) groups is 1. The predicted octanol–water partition coefficient (Wildman–Crippen LogP) is 3.75. The van der Waals surface area contributed by atoms with Crippen molar-refractivity contribution in [2.45, 2.75) is 0 Å². The first kappa shape index (κ1) is 15.1. The van der Waals surface area contributed by atoms with E-state index in [0.717, 1.165) is 0 Å². The Hall–Kier alpha value is -2.27. The smallest absolute Gasteiger partial charge is 0.255 e. The lowest BCUT2D eigenvalue weighted by Gasteiger charge is -2.12. The Morgan fingerprint density at radius 2 is 1.81 bits per heavy atom. The topological polar surface area (TPSA) is 47.6 Å². The first-order valence-corrected chi connectivity index (χ1v) is 6.41. The van der Waals surface area contributed by atoms with Gasteiger partial charge in [-0.25, -0.2) is 4.39 Å². The highest BCUT2D eigenvalue weighted by Gasteiger charge is 2.15. The fraction of sp³-hybridized carbons (Fsp3) is 0.133. The average molecular weight is 310 g/mol. The van der Waals surface area contributed by atoms with Gasteiger partial charge in [-0.3, -0.25) is 4.79 Å². The van der Waals surface area contributed by atoms with E-state index in [0.29, 0.717) is 22.7 Å². The van der Waals surface area contributed by atoms with Crippen molar-refractivity contribution in [1.29, 1.82) is 0 Å². The molecule has 2 aromatic carbocycles. The molecule has 110 valence electrons. The standard InChI is InChI=1S/C15H13ClFNO3/c1-20-13-8-9(7-12(16)14(13)21-2)15(19)18-11-5-3-10(17)4-6-11/h3-8H,1-2H3,(H,18,19). The molecule has 4 nitrogen and oxygen atoms in total. The van der Waals surface area contributed by atoms with E-state index < -0.39 is 0 Å². The molecule has 2 rings (SSSR count). The zero-order valence-electron chi connectivity index (χ0n) is 11.4. The van der Waals surface area contributed by atoms with Gasteiger partial charge in [-0.15, -0.1) is 0 Å². The molecule has 0 heterocycles. The number of ether oxygens (including phenoxy) is 2. The quantitative estimate of drug-likeness (QED) is 0.935. The summed E-state index contributed by atoms with van der Waals surface area (Å²) in [5.74, 6) is -0.0432. The zero-order valence-corrected chi connectivity index (χ0v) is 12.2. The molecule has 0 aliphatic rings. The number of rotatable bonds is 4. The van der Waals surface area contributed by atoms with Crippen LogP contribution in [0.25, 0.3) is 0 Å². The minimum atomic E-state index is -0.385. The number of halogens is 2.